The van der Waals surface area contributed by atoms with Crippen molar-refractivity contribution in [2.24, 2.45) is 0 Å². The van der Waals surface area contributed by atoms with E-state index in [2.05, 4.69) is 5.32 Å². The first-order valence-corrected chi connectivity index (χ1v) is 10.8. The van der Waals surface area contributed by atoms with Gasteiger partial charge in [-0.05, 0) is 36.4 Å². The van der Waals surface area contributed by atoms with Crippen molar-refractivity contribution < 1.29 is 14.3 Å². The Balaban J connectivity index is 0.00000408. The standard InChI is InChI=1S/C25H23Cl2N3O3.CH4/c1-30(2)24(28)16-6-4-15(5-7-16)22(31)14-20-21(12-18(27)13-23(20)33-3)25(32)29-19-10-8-17(26)9-11-19;/h4-13,28H,14H2,1-3H3,(H,29,32);1H4. The highest BCUT2D eigenvalue weighted by Gasteiger charge is 2.21. The zero-order chi connectivity index (χ0) is 24.1. The highest BCUT2D eigenvalue weighted by atomic mass is 35.5. The molecule has 0 bridgehead atoms. The number of hydrogen-bond acceptors (Lipinski definition) is 4. The predicted octanol–water partition coefficient (Wildman–Crippen LogP) is 6.20. The number of Topliss-reactive ketones (excluding diaryl/α,β-unsaturated/α-hetero) is 1. The molecule has 2 N–H and O–H groups in total. The van der Waals surface area contributed by atoms with E-state index < -0.39 is 5.91 Å². The molecule has 0 atom stereocenters. The second-order valence-corrected chi connectivity index (χ2v) is 8.39. The van der Waals surface area contributed by atoms with Crippen molar-refractivity contribution in [2.45, 2.75) is 13.8 Å². The fourth-order valence-electron chi connectivity index (χ4n) is 3.25. The second kappa shape index (κ2) is 11.7. The van der Waals surface area contributed by atoms with Crippen LogP contribution < -0.4 is 10.1 Å². The minimum Gasteiger partial charge on any atom is -0.496 e. The van der Waals surface area contributed by atoms with Crippen molar-refractivity contribution in [3.63, 3.8) is 0 Å². The minimum absolute atomic E-state index is 0. The monoisotopic (exact) mass is 499 g/mol. The van der Waals surface area contributed by atoms with Gasteiger partial charge in [0.1, 0.15) is 11.6 Å². The van der Waals surface area contributed by atoms with E-state index in [0.717, 1.165) is 0 Å². The average Bonchev–Trinajstić information content (AvgIpc) is 2.80. The Hall–Kier alpha value is -3.35. The van der Waals surface area contributed by atoms with Gasteiger partial charge in [0, 0.05) is 58.5 Å². The molecule has 0 aliphatic carbocycles. The van der Waals surface area contributed by atoms with Crippen molar-refractivity contribution in [2.75, 3.05) is 26.5 Å². The molecule has 0 saturated carbocycles. The molecule has 3 aromatic carbocycles. The summed E-state index contributed by atoms with van der Waals surface area (Å²) in [5.41, 5.74) is 2.40. The molecule has 0 spiro atoms. The predicted molar refractivity (Wildman–Crippen MR) is 139 cm³/mol. The molecular weight excluding hydrogens is 473 g/mol. The fourth-order valence-corrected chi connectivity index (χ4v) is 3.58. The number of methoxy groups -OCH3 is 1. The van der Waals surface area contributed by atoms with Crippen LogP contribution in [-0.4, -0.2) is 43.6 Å². The van der Waals surface area contributed by atoms with Crippen LogP contribution in [0.25, 0.3) is 0 Å². The lowest BCUT2D eigenvalue weighted by Crippen LogP contribution is -2.21. The van der Waals surface area contributed by atoms with Crippen LogP contribution in [0.2, 0.25) is 10.0 Å². The number of nitrogens with one attached hydrogen (secondary N) is 2. The third kappa shape index (κ3) is 6.37. The third-order valence-corrected chi connectivity index (χ3v) is 5.48. The summed E-state index contributed by atoms with van der Waals surface area (Å²) in [7, 11) is 5.03. The quantitative estimate of drug-likeness (QED) is 0.230. The molecule has 3 aromatic rings. The molecule has 0 aliphatic rings. The Morgan fingerprint density at radius 3 is 2.09 bits per heavy atom. The summed E-state index contributed by atoms with van der Waals surface area (Å²) in [6.45, 7) is 0. The minimum atomic E-state index is -0.421. The molecule has 0 aliphatic heterocycles. The van der Waals surface area contributed by atoms with E-state index in [1.807, 2.05) is 0 Å². The van der Waals surface area contributed by atoms with Crippen LogP contribution in [0, 0.1) is 5.41 Å². The molecule has 3 rings (SSSR count). The van der Waals surface area contributed by atoms with Gasteiger partial charge in [0.2, 0.25) is 0 Å². The average molecular weight is 500 g/mol. The van der Waals surface area contributed by atoms with Gasteiger partial charge in [-0.25, -0.2) is 0 Å². The van der Waals surface area contributed by atoms with Gasteiger partial charge in [0.25, 0.3) is 5.91 Å². The van der Waals surface area contributed by atoms with Crippen molar-refractivity contribution in [1.82, 2.24) is 4.90 Å². The number of amidine groups is 1. The molecule has 8 heteroatoms. The molecule has 34 heavy (non-hydrogen) atoms. The molecule has 0 heterocycles. The number of nitrogens with zero attached hydrogens (tertiary/aromatic N) is 1. The van der Waals surface area contributed by atoms with Gasteiger partial charge in [0.15, 0.2) is 5.78 Å². The molecule has 0 aromatic heterocycles. The lowest BCUT2D eigenvalue weighted by atomic mass is 9.96. The van der Waals surface area contributed by atoms with E-state index in [0.29, 0.717) is 44.0 Å². The van der Waals surface area contributed by atoms with Gasteiger partial charge in [-0.1, -0.05) is 54.9 Å². The molecule has 178 valence electrons. The Labute approximate surface area is 210 Å². The molecular formula is C26H27Cl2N3O3. The topological polar surface area (TPSA) is 82.5 Å². The zero-order valence-corrected chi connectivity index (χ0v) is 19.9. The van der Waals surface area contributed by atoms with Gasteiger partial charge in [-0.15, -0.1) is 0 Å². The summed E-state index contributed by atoms with van der Waals surface area (Å²) in [6.07, 6.45) is -0.0613. The normalized spacial score (nSPS) is 10.1. The van der Waals surface area contributed by atoms with Crippen molar-refractivity contribution >= 4 is 46.4 Å². The Morgan fingerprint density at radius 1 is 0.941 bits per heavy atom. The Morgan fingerprint density at radius 2 is 1.53 bits per heavy atom. The number of amides is 1. The molecule has 0 fully saturated rings. The summed E-state index contributed by atoms with van der Waals surface area (Å²) in [5.74, 6) is 0.0763. The number of halogens is 2. The number of ketones is 1. The SMILES string of the molecule is C.COc1cc(Cl)cc(C(=O)Nc2ccc(Cl)cc2)c1CC(=O)c1ccc(C(=N)N(C)C)cc1. The molecule has 0 unspecified atom stereocenters. The number of anilines is 1. The summed E-state index contributed by atoms with van der Waals surface area (Å²) in [5, 5.41) is 11.7. The van der Waals surface area contributed by atoms with Crippen LogP contribution in [0.3, 0.4) is 0 Å². The van der Waals surface area contributed by atoms with Crippen molar-refractivity contribution in [3.8, 4) is 5.75 Å². The van der Waals surface area contributed by atoms with E-state index in [4.69, 9.17) is 33.3 Å². The van der Waals surface area contributed by atoms with Gasteiger partial charge in [-0.2, -0.15) is 0 Å². The van der Waals surface area contributed by atoms with Crippen LogP contribution in [0.5, 0.6) is 5.75 Å². The van der Waals surface area contributed by atoms with Gasteiger partial charge in [-0.3, -0.25) is 15.0 Å². The number of carbonyl (C=O) groups excluding carboxylic acids is 2. The van der Waals surface area contributed by atoms with E-state index >= 15 is 0 Å². The first-order valence-electron chi connectivity index (χ1n) is 10.0. The van der Waals surface area contributed by atoms with Gasteiger partial charge < -0.3 is 15.0 Å². The number of carbonyl (C=O) groups is 2. The lowest BCUT2D eigenvalue weighted by molar-refractivity contribution is 0.0991. The van der Waals surface area contributed by atoms with Crippen LogP contribution in [0.1, 0.15) is 39.3 Å². The Bertz CT molecular complexity index is 1190. The maximum Gasteiger partial charge on any atom is 0.256 e. The van der Waals surface area contributed by atoms with E-state index in [-0.39, 0.29) is 25.2 Å². The summed E-state index contributed by atoms with van der Waals surface area (Å²) in [4.78, 5) is 27.8. The first kappa shape index (κ1) is 26.9. The van der Waals surface area contributed by atoms with E-state index in [9.17, 15) is 9.59 Å². The molecule has 6 nitrogen and oxygen atoms in total. The van der Waals surface area contributed by atoms with E-state index in [1.165, 1.54) is 13.2 Å². The lowest BCUT2D eigenvalue weighted by Gasteiger charge is -2.15. The van der Waals surface area contributed by atoms with Crippen LogP contribution in [-0.2, 0) is 6.42 Å². The van der Waals surface area contributed by atoms with Crippen LogP contribution in [0.4, 0.5) is 5.69 Å². The maximum atomic E-state index is 13.1. The van der Waals surface area contributed by atoms with Gasteiger partial charge in [0.05, 0.1) is 7.11 Å². The zero-order valence-electron chi connectivity index (χ0n) is 18.4. The van der Waals surface area contributed by atoms with Crippen LogP contribution in [0.15, 0.2) is 60.7 Å². The highest BCUT2D eigenvalue weighted by Crippen LogP contribution is 2.30. The van der Waals surface area contributed by atoms with E-state index in [1.54, 1.807) is 73.6 Å². The highest BCUT2D eigenvalue weighted by molar-refractivity contribution is 6.31. The number of benzene rings is 3. The largest absolute Gasteiger partial charge is 0.496 e. The first-order chi connectivity index (χ1) is 15.7. The smallest absolute Gasteiger partial charge is 0.256 e. The third-order valence-electron chi connectivity index (χ3n) is 5.01. The fraction of sp³-hybridized carbons (Fsp3) is 0.192. The maximum absolute atomic E-state index is 13.1. The van der Waals surface area contributed by atoms with Crippen molar-refractivity contribution in [1.29, 1.82) is 5.41 Å². The molecule has 0 saturated heterocycles. The van der Waals surface area contributed by atoms with Crippen LogP contribution >= 0.6 is 23.2 Å². The molecule has 1 amide bonds. The summed E-state index contributed by atoms with van der Waals surface area (Å²) < 4.78 is 5.43. The van der Waals surface area contributed by atoms with Gasteiger partial charge >= 0.3 is 0 Å². The second-order valence-electron chi connectivity index (χ2n) is 7.52. The summed E-state index contributed by atoms with van der Waals surface area (Å²) >= 11 is 12.1. The number of ether oxygens (including phenoxy) is 1. The molecule has 0 radical (unpaired) electrons. The summed E-state index contributed by atoms with van der Waals surface area (Å²) in [6, 6.07) is 16.6. The number of hydrogen-bond donors (Lipinski definition) is 2. The Kier molecular flexibility index (Phi) is 9.24. The number of rotatable bonds is 7. The van der Waals surface area contributed by atoms with Crippen molar-refractivity contribution in [3.05, 3.63) is 93.0 Å².